The van der Waals surface area contributed by atoms with Crippen LogP contribution in [0.25, 0.3) is 0 Å². The van der Waals surface area contributed by atoms with E-state index in [1.165, 1.54) is 4.31 Å². The van der Waals surface area contributed by atoms with Crippen LogP contribution in [0.15, 0.2) is 41.1 Å². The monoisotopic (exact) mass is 441 g/mol. The van der Waals surface area contributed by atoms with E-state index in [-0.39, 0.29) is 29.8 Å². The lowest BCUT2D eigenvalue weighted by molar-refractivity contribution is -0.131. The smallest absolute Gasteiger partial charge is 0.243 e. The van der Waals surface area contributed by atoms with Crippen molar-refractivity contribution in [2.45, 2.75) is 29.6 Å². The molecule has 29 heavy (non-hydrogen) atoms. The zero-order valence-corrected chi connectivity index (χ0v) is 18.3. The van der Waals surface area contributed by atoms with E-state index in [1.807, 2.05) is 0 Å². The van der Waals surface area contributed by atoms with Gasteiger partial charge in [-0.05, 0) is 42.9 Å². The average Bonchev–Trinajstić information content (AvgIpc) is 3.35. The number of hydrogen-bond acceptors (Lipinski definition) is 5. The molecule has 0 radical (unpaired) electrons. The quantitative estimate of drug-likeness (QED) is 0.645. The molecule has 2 fully saturated rings. The number of nitrogens with one attached hydrogen (secondary N) is 1. The summed E-state index contributed by atoms with van der Waals surface area (Å²) < 4.78 is 52.6. The normalized spacial score (nSPS) is 21.7. The third-order valence-corrected chi connectivity index (χ3v) is 8.54. The van der Waals surface area contributed by atoms with Crippen molar-refractivity contribution in [3.8, 4) is 0 Å². The summed E-state index contributed by atoms with van der Waals surface area (Å²) in [6, 6.07) is 6.57. The lowest BCUT2D eigenvalue weighted by Crippen LogP contribution is -2.34. The van der Waals surface area contributed by atoms with Crippen LogP contribution in [0.2, 0.25) is 0 Å². The van der Waals surface area contributed by atoms with Crippen LogP contribution in [-0.4, -0.2) is 65.7 Å². The first kappa shape index (κ1) is 21.9. The van der Waals surface area contributed by atoms with Crippen molar-refractivity contribution >= 4 is 26.0 Å². The van der Waals surface area contributed by atoms with Crippen molar-refractivity contribution in [2.75, 3.05) is 33.7 Å². The van der Waals surface area contributed by atoms with Gasteiger partial charge in [0.1, 0.15) is 0 Å². The summed E-state index contributed by atoms with van der Waals surface area (Å²) in [7, 11) is -3.75. The van der Waals surface area contributed by atoms with E-state index < -0.39 is 25.5 Å². The van der Waals surface area contributed by atoms with Crippen molar-refractivity contribution in [3.63, 3.8) is 0 Å². The molecule has 1 saturated heterocycles. The molecule has 1 aliphatic heterocycles. The number of rotatable bonds is 8. The van der Waals surface area contributed by atoms with Crippen molar-refractivity contribution in [3.05, 3.63) is 41.8 Å². The SMILES string of the molecule is C=CS(=O)(=O)NC[C@H]1CCN(S(=O)(=O)c2ccc(C3(C(=O)N(C)C)CC3)cc2)C1. The van der Waals surface area contributed by atoms with E-state index >= 15 is 0 Å². The molecule has 0 aromatic heterocycles. The Kier molecular flexibility index (Phi) is 5.92. The van der Waals surface area contributed by atoms with Gasteiger partial charge in [-0.2, -0.15) is 4.31 Å². The average molecular weight is 442 g/mol. The maximum absolute atomic E-state index is 13.0. The summed E-state index contributed by atoms with van der Waals surface area (Å²) in [5.41, 5.74) is 0.320. The molecular weight excluding hydrogens is 414 g/mol. The Morgan fingerprint density at radius 2 is 1.86 bits per heavy atom. The van der Waals surface area contributed by atoms with Crippen LogP contribution in [0.1, 0.15) is 24.8 Å². The fourth-order valence-electron chi connectivity index (χ4n) is 3.75. The molecule has 1 saturated carbocycles. The zero-order valence-electron chi connectivity index (χ0n) is 16.7. The van der Waals surface area contributed by atoms with E-state index in [9.17, 15) is 21.6 Å². The molecule has 0 bridgehead atoms. The third-order valence-electron chi connectivity index (χ3n) is 5.65. The molecule has 2 aliphatic rings. The number of likely N-dealkylation sites (N-methyl/N-ethyl adjacent to an activating group) is 1. The van der Waals surface area contributed by atoms with Crippen LogP contribution >= 0.6 is 0 Å². The summed E-state index contributed by atoms with van der Waals surface area (Å²) >= 11 is 0. The molecule has 1 aliphatic carbocycles. The van der Waals surface area contributed by atoms with Crippen molar-refractivity contribution in [2.24, 2.45) is 5.92 Å². The molecule has 10 heteroatoms. The zero-order chi connectivity index (χ0) is 21.4. The van der Waals surface area contributed by atoms with Gasteiger partial charge in [0.25, 0.3) is 0 Å². The number of hydrogen-bond donors (Lipinski definition) is 1. The van der Waals surface area contributed by atoms with Crippen molar-refractivity contribution in [1.29, 1.82) is 0 Å². The van der Waals surface area contributed by atoms with Crippen LogP contribution in [-0.2, 0) is 30.3 Å². The van der Waals surface area contributed by atoms with Gasteiger partial charge in [-0.3, -0.25) is 4.79 Å². The number of amides is 1. The molecule has 1 atom stereocenters. The highest BCUT2D eigenvalue weighted by atomic mass is 32.2. The van der Waals surface area contributed by atoms with E-state index in [0.29, 0.717) is 13.0 Å². The van der Waals surface area contributed by atoms with Crippen LogP contribution in [0.5, 0.6) is 0 Å². The number of nitrogens with zero attached hydrogens (tertiary/aromatic N) is 2. The molecule has 1 aromatic rings. The summed E-state index contributed by atoms with van der Waals surface area (Å²) in [6.07, 6.45) is 2.12. The lowest BCUT2D eigenvalue weighted by Gasteiger charge is -2.21. The number of carbonyl (C=O) groups excluding carboxylic acids is 1. The minimum absolute atomic E-state index is 0.0393. The van der Waals surface area contributed by atoms with Gasteiger partial charge in [0.15, 0.2) is 0 Å². The predicted molar refractivity (Wildman–Crippen MR) is 110 cm³/mol. The van der Waals surface area contributed by atoms with Crippen LogP contribution in [0.3, 0.4) is 0 Å². The first-order chi connectivity index (χ1) is 13.5. The van der Waals surface area contributed by atoms with Gasteiger partial charge in [0, 0.05) is 39.1 Å². The summed E-state index contributed by atoms with van der Waals surface area (Å²) in [4.78, 5) is 14.2. The Labute approximate surface area is 172 Å². The molecule has 0 spiro atoms. The molecule has 3 rings (SSSR count). The molecule has 1 amide bonds. The van der Waals surface area contributed by atoms with Gasteiger partial charge in [-0.15, -0.1) is 0 Å². The minimum Gasteiger partial charge on any atom is -0.348 e. The van der Waals surface area contributed by atoms with E-state index in [2.05, 4.69) is 11.3 Å². The molecule has 8 nitrogen and oxygen atoms in total. The molecule has 160 valence electrons. The van der Waals surface area contributed by atoms with Crippen LogP contribution in [0.4, 0.5) is 0 Å². The van der Waals surface area contributed by atoms with E-state index in [4.69, 9.17) is 0 Å². The van der Waals surface area contributed by atoms with Gasteiger partial charge < -0.3 is 4.90 Å². The van der Waals surface area contributed by atoms with Gasteiger partial charge >= 0.3 is 0 Å². The Hall–Kier alpha value is -1.75. The third kappa shape index (κ3) is 4.40. The van der Waals surface area contributed by atoms with E-state index in [1.54, 1.807) is 43.3 Å². The molecular formula is C19H27N3O5S2. The predicted octanol–water partition coefficient (Wildman–Crippen LogP) is 0.880. The Morgan fingerprint density at radius 1 is 1.24 bits per heavy atom. The first-order valence-corrected chi connectivity index (χ1v) is 12.4. The molecule has 0 unspecified atom stereocenters. The topological polar surface area (TPSA) is 104 Å². The first-order valence-electron chi connectivity index (χ1n) is 9.46. The molecule has 1 aromatic carbocycles. The second-order valence-corrected chi connectivity index (χ2v) is 11.5. The van der Waals surface area contributed by atoms with Gasteiger partial charge in [-0.25, -0.2) is 21.6 Å². The maximum Gasteiger partial charge on any atom is 0.243 e. The highest BCUT2D eigenvalue weighted by Gasteiger charge is 2.52. The van der Waals surface area contributed by atoms with Gasteiger partial charge in [-0.1, -0.05) is 18.7 Å². The standard InChI is InChI=1S/C19H27N3O5S2/c1-4-28(24,25)20-13-15-9-12-22(14-15)29(26,27)17-7-5-16(6-8-17)19(10-11-19)18(23)21(2)3/h4-8,15,20H,1,9-14H2,2-3H3/t15-/m1/s1. The van der Waals surface area contributed by atoms with Crippen LogP contribution < -0.4 is 4.72 Å². The maximum atomic E-state index is 13.0. The summed E-state index contributed by atoms with van der Waals surface area (Å²) in [6.45, 7) is 4.01. The second-order valence-electron chi connectivity index (χ2n) is 7.88. The highest BCUT2D eigenvalue weighted by Crippen LogP contribution is 2.49. The largest absolute Gasteiger partial charge is 0.348 e. The Bertz CT molecular complexity index is 997. The van der Waals surface area contributed by atoms with Crippen molar-refractivity contribution in [1.82, 2.24) is 13.9 Å². The Balaban J connectivity index is 1.69. The summed E-state index contributed by atoms with van der Waals surface area (Å²) in [5, 5.41) is 0.839. The molecule has 1 N–H and O–H groups in total. The minimum atomic E-state index is -3.67. The van der Waals surface area contributed by atoms with E-state index in [0.717, 1.165) is 23.8 Å². The second kappa shape index (κ2) is 7.82. The summed E-state index contributed by atoms with van der Waals surface area (Å²) in [5.74, 6) is -0.0521. The Morgan fingerprint density at radius 3 is 2.38 bits per heavy atom. The number of sulfonamides is 2. The lowest BCUT2D eigenvalue weighted by atomic mass is 9.95. The fourth-order valence-corrected chi connectivity index (χ4v) is 5.87. The van der Waals surface area contributed by atoms with Crippen molar-refractivity contribution < 1.29 is 21.6 Å². The van der Waals surface area contributed by atoms with Crippen LogP contribution in [0, 0.1) is 5.92 Å². The number of benzene rings is 1. The van der Waals surface area contributed by atoms with Gasteiger partial charge in [0.2, 0.25) is 26.0 Å². The molecule has 1 heterocycles. The number of carbonyl (C=O) groups is 1. The fraction of sp³-hybridized carbons (Fsp3) is 0.526. The highest BCUT2D eigenvalue weighted by molar-refractivity contribution is 7.92. The van der Waals surface area contributed by atoms with Gasteiger partial charge in [0.05, 0.1) is 10.3 Å².